The van der Waals surface area contributed by atoms with Crippen molar-refractivity contribution in [2.75, 3.05) is 26.2 Å². The van der Waals surface area contributed by atoms with Crippen molar-refractivity contribution in [1.29, 1.82) is 5.26 Å². The molecule has 0 aromatic heterocycles. The third kappa shape index (κ3) is 3.13. The van der Waals surface area contributed by atoms with Crippen LogP contribution >= 0.6 is 0 Å². The summed E-state index contributed by atoms with van der Waals surface area (Å²) >= 11 is 0. The molecule has 6 heteroatoms. The van der Waals surface area contributed by atoms with Crippen molar-refractivity contribution < 1.29 is 9.18 Å². The fraction of sp³-hybridized carbons (Fsp3) is 0.429. The summed E-state index contributed by atoms with van der Waals surface area (Å²) in [6, 6.07) is 5.30. The van der Waals surface area contributed by atoms with E-state index in [4.69, 9.17) is 11.0 Å². The first-order valence-electron chi connectivity index (χ1n) is 6.57. The molecule has 1 aromatic rings. The number of rotatable bonds is 3. The minimum atomic E-state index is -0.623. The molecule has 0 spiro atoms. The van der Waals surface area contributed by atoms with E-state index >= 15 is 0 Å². The number of amides is 1. The van der Waals surface area contributed by atoms with Crippen LogP contribution in [-0.4, -0.2) is 37.0 Å². The summed E-state index contributed by atoms with van der Waals surface area (Å²) in [6.07, 6.45) is 0.913. The normalized spacial score (nSPS) is 18.0. The maximum absolute atomic E-state index is 13.4. The van der Waals surface area contributed by atoms with E-state index in [0.29, 0.717) is 12.1 Å². The Morgan fingerprint density at radius 1 is 1.45 bits per heavy atom. The molecule has 3 N–H and O–H groups in total. The summed E-state index contributed by atoms with van der Waals surface area (Å²) in [5.41, 5.74) is 6.00. The van der Waals surface area contributed by atoms with Crippen molar-refractivity contribution >= 4 is 5.91 Å². The molecule has 0 bridgehead atoms. The first kappa shape index (κ1) is 14.4. The monoisotopic (exact) mass is 276 g/mol. The second-order valence-electron chi connectivity index (χ2n) is 4.80. The van der Waals surface area contributed by atoms with Crippen LogP contribution in [0.2, 0.25) is 0 Å². The molecule has 1 aliphatic heterocycles. The minimum Gasteiger partial charge on any atom is -0.368 e. The lowest BCUT2D eigenvalue weighted by Crippen LogP contribution is -2.39. The Morgan fingerprint density at radius 2 is 2.25 bits per heavy atom. The first-order chi connectivity index (χ1) is 9.63. The van der Waals surface area contributed by atoms with Gasteiger partial charge in [-0.15, -0.1) is 0 Å². The fourth-order valence-electron chi connectivity index (χ4n) is 2.48. The molecule has 1 aromatic carbocycles. The summed E-state index contributed by atoms with van der Waals surface area (Å²) in [4.78, 5) is 13.7. The highest BCUT2D eigenvalue weighted by Gasteiger charge is 2.26. The molecule has 1 amide bonds. The van der Waals surface area contributed by atoms with E-state index in [0.717, 1.165) is 26.1 Å². The molecule has 2 rings (SSSR count). The predicted molar refractivity (Wildman–Crippen MR) is 72.1 cm³/mol. The van der Waals surface area contributed by atoms with Gasteiger partial charge in [0.15, 0.2) is 0 Å². The highest BCUT2D eigenvalue weighted by Crippen LogP contribution is 2.23. The summed E-state index contributed by atoms with van der Waals surface area (Å²) in [6.45, 7) is 3.09. The molecular weight excluding hydrogens is 259 g/mol. The van der Waals surface area contributed by atoms with Gasteiger partial charge in [0.25, 0.3) is 0 Å². The minimum absolute atomic E-state index is 0.0679. The van der Waals surface area contributed by atoms with Gasteiger partial charge in [-0.05, 0) is 30.7 Å². The van der Waals surface area contributed by atoms with Gasteiger partial charge in [0.2, 0.25) is 5.91 Å². The van der Waals surface area contributed by atoms with E-state index in [1.165, 1.54) is 18.2 Å². The topological polar surface area (TPSA) is 82.1 Å². The van der Waals surface area contributed by atoms with Gasteiger partial charge >= 0.3 is 0 Å². The number of primary amides is 1. The van der Waals surface area contributed by atoms with Gasteiger partial charge in [-0.3, -0.25) is 9.69 Å². The molecule has 1 atom stereocenters. The van der Waals surface area contributed by atoms with Crippen LogP contribution in [0.5, 0.6) is 0 Å². The van der Waals surface area contributed by atoms with Gasteiger partial charge in [0, 0.05) is 19.6 Å². The molecule has 0 radical (unpaired) electrons. The van der Waals surface area contributed by atoms with Crippen LogP contribution in [0.3, 0.4) is 0 Å². The molecule has 1 unspecified atom stereocenters. The number of nitrogens with zero attached hydrogens (tertiary/aromatic N) is 2. The van der Waals surface area contributed by atoms with E-state index < -0.39 is 17.8 Å². The lowest BCUT2D eigenvalue weighted by Gasteiger charge is -2.28. The third-order valence-electron chi connectivity index (χ3n) is 3.44. The Labute approximate surface area is 117 Å². The van der Waals surface area contributed by atoms with Crippen LogP contribution in [0.25, 0.3) is 0 Å². The number of carbonyl (C=O) groups is 1. The van der Waals surface area contributed by atoms with Gasteiger partial charge in [0.1, 0.15) is 17.9 Å². The number of benzene rings is 1. The van der Waals surface area contributed by atoms with Gasteiger partial charge in [-0.2, -0.15) is 5.26 Å². The van der Waals surface area contributed by atoms with Gasteiger partial charge in [0.05, 0.1) is 5.56 Å². The Hall–Kier alpha value is -1.97. The number of hydrogen-bond acceptors (Lipinski definition) is 4. The van der Waals surface area contributed by atoms with E-state index in [-0.39, 0.29) is 5.56 Å². The van der Waals surface area contributed by atoms with Crippen molar-refractivity contribution in [3.05, 3.63) is 35.1 Å². The third-order valence-corrected chi connectivity index (χ3v) is 3.44. The number of halogens is 1. The zero-order chi connectivity index (χ0) is 14.5. The van der Waals surface area contributed by atoms with Crippen molar-refractivity contribution in [2.45, 2.75) is 12.5 Å². The molecule has 1 fully saturated rings. The number of nitrogens with two attached hydrogens (primary N) is 1. The molecule has 0 saturated carbocycles. The zero-order valence-corrected chi connectivity index (χ0v) is 11.1. The van der Waals surface area contributed by atoms with E-state index in [1.54, 1.807) is 6.07 Å². The SMILES string of the molecule is N#Cc1cc(C(C(N)=O)N2CCCNCC2)ccc1F. The van der Waals surface area contributed by atoms with Gasteiger partial charge < -0.3 is 11.1 Å². The summed E-state index contributed by atoms with van der Waals surface area (Å²) in [7, 11) is 0. The fourth-order valence-corrected chi connectivity index (χ4v) is 2.48. The average Bonchev–Trinajstić information content (AvgIpc) is 2.69. The van der Waals surface area contributed by atoms with Crippen LogP contribution in [0.1, 0.15) is 23.6 Å². The van der Waals surface area contributed by atoms with Crippen LogP contribution in [0, 0.1) is 17.1 Å². The zero-order valence-electron chi connectivity index (χ0n) is 11.1. The molecular formula is C14H17FN4O. The van der Waals surface area contributed by atoms with Crippen molar-refractivity contribution in [3.8, 4) is 6.07 Å². The number of hydrogen-bond donors (Lipinski definition) is 2. The maximum atomic E-state index is 13.4. The number of nitriles is 1. The molecule has 1 aliphatic rings. The number of carbonyl (C=O) groups excluding carboxylic acids is 1. The van der Waals surface area contributed by atoms with Crippen molar-refractivity contribution in [3.63, 3.8) is 0 Å². The quantitative estimate of drug-likeness (QED) is 0.843. The summed E-state index contributed by atoms with van der Waals surface area (Å²) < 4.78 is 13.4. The standard InChI is InChI=1S/C14H17FN4O/c15-12-3-2-10(8-11(12)9-16)13(14(17)20)19-6-1-4-18-5-7-19/h2-3,8,13,18H,1,4-7H2,(H2,17,20). The smallest absolute Gasteiger partial charge is 0.239 e. The molecule has 1 heterocycles. The van der Waals surface area contributed by atoms with E-state index in [9.17, 15) is 9.18 Å². The van der Waals surface area contributed by atoms with Crippen LogP contribution in [0.15, 0.2) is 18.2 Å². The molecule has 5 nitrogen and oxygen atoms in total. The highest BCUT2D eigenvalue weighted by molar-refractivity contribution is 5.81. The second-order valence-corrected chi connectivity index (χ2v) is 4.80. The van der Waals surface area contributed by atoms with Crippen molar-refractivity contribution in [2.24, 2.45) is 5.73 Å². The summed E-state index contributed by atoms with van der Waals surface area (Å²) in [5, 5.41) is 12.1. The lowest BCUT2D eigenvalue weighted by atomic mass is 10.0. The molecule has 106 valence electrons. The maximum Gasteiger partial charge on any atom is 0.239 e. The largest absolute Gasteiger partial charge is 0.368 e. The highest BCUT2D eigenvalue weighted by atomic mass is 19.1. The Kier molecular flexibility index (Phi) is 4.66. The average molecular weight is 276 g/mol. The Bertz CT molecular complexity index is 532. The van der Waals surface area contributed by atoms with E-state index in [1.807, 2.05) is 4.90 Å². The predicted octanol–water partition coefficient (Wildman–Crippen LogP) is 0.519. The molecule has 0 aliphatic carbocycles. The molecule has 20 heavy (non-hydrogen) atoms. The summed E-state index contributed by atoms with van der Waals surface area (Å²) in [5.74, 6) is -1.07. The van der Waals surface area contributed by atoms with Crippen LogP contribution < -0.4 is 11.1 Å². The second kappa shape index (κ2) is 6.46. The first-order valence-corrected chi connectivity index (χ1v) is 6.57. The van der Waals surface area contributed by atoms with Crippen molar-refractivity contribution in [1.82, 2.24) is 10.2 Å². The van der Waals surface area contributed by atoms with Crippen LogP contribution in [-0.2, 0) is 4.79 Å². The lowest BCUT2D eigenvalue weighted by molar-refractivity contribution is -0.123. The van der Waals surface area contributed by atoms with Gasteiger partial charge in [-0.25, -0.2) is 4.39 Å². The Balaban J connectivity index is 2.33. The Morgan fingerprint density at radius 3 is 2.95 bits per heavy atom. The number of nitrogens with one attached hydrogen (secondary N) is 1. The van der Waals surface area contributed by atoms with Crippen LogP contribution in [0.4, 0.5) is 4.39 Å². The van der Waals surface area contributed by atoms with E-state index in [2.05, 4.69) is 5.32 Å². The molecule has 1 saturated heterocycles. The van der Waals surface area contributed by atoms with Gasteiger partial charge in [-0.1, -0.05) is 6.07 Å².